The molecule has 1 saturated heterocycles. The fourth-order valence-corrected chi connectivity index (χ4v) is 2.53. The van der Waals surface area contributed by atoms with Crippen molar-refractivity contribution in [3.8, 4) is 0 Å². The molecule has 3 unspecified atom stereocenters. The average molecular weight is 197 g/mol. The van der Waals surface area contributed by atoms with E-state index in [1.165, 1.54) is 38.8 Å². The maximum Gasteiger partial charge on any atom is 0.00696 e. The molecule has 1 rings (SSSR count). The Balaban J connectivity index is 2.29. The molecule has 0 aliphatic carbocycles. The second-order valence-electron chi connectivity index (χ2n) is 5.24. The Hall–Kier alpha value is -0.0400. The van der Waals surface area contributed by atoms with Crippen LogP contribution in [-0.4, -0.2) is 24.0 Å². The van der Waals surface area contributed by atoms with Crippen LogP contribution in [0.1, 0.15) is 53.4 Å². The SMILES string of the molecule is CCCCCN1CC(C)C(C)CC1C. The number of rotatable bonds is 4. The zero-order chi connectivity index (χ0) is 10.6. The highest BCUT2D eigenvalue weighted by atomic mass is 15.2. The molecule has 1 nitrogen and oxygen atoms in total. The Labute approximate surface area is 89.9 Å². The molecule has 0 spiro atoms. The van der Waals surface area contributed by atoms with Crippen molar-refractivity contribution in [3.05, 3.63) is 0 Å². The van der Waals surface area contributed by atoms with Gasteiger partial charge in [0, 0.05) is 12.6 Å². The molecule has 1 aliphatic heterocycles. The summed E-state index contributed by atoms with van der Waals surface area (Å²) in [6, 6.07) is 0.818. The number of hydrogen-bond acceptors (Lipinski definition) is 1. The fraction of sp³-hybridized carbons (Fsp3) is 1.00. The molecular weight excluding hydrogens is 170 g/mol. The van der Waals surface area contributed by atoms with Gasteiger partial charge in [-0.25, -0.2) is 0 Å². The molecule has 0 N–H and O–H groups in total. The van der Waals surface area contributed by atoms with Gasteiger partial charge < -0.3 is 4.90 Å². The summed E-state index contributed by atoms with van der Waals surface area (Å²) in [5, 5.41) is 0. The Morgan fingerprint density at radius 3 is 2.43 bits per heavy atom. The molecule has 1 heteroatoms. The van der Waals surface area contributed by atoms with Crippen LogP contribution in [0.2, 0.25) is 0 Å². The van der Waals surface area contributed by atoms with Crippen LogP contribution in [0.5, 0.6) is 0 Å². The first kappa shape index (κ1) is 12.0. The highest BCUT2D eigenvalue weighted by Crippen LogP contribution is 2.27. The summed E-state index contributed by atoms with van der Waals surface area (Å²) >= 11 is 0. The predicted molar refractivity (Wildman–Crippen MR) is 63.5 cm³/mol. The highest BCUT2D eigenvalue weighted by Gasteiger charge is 2.27. The van der Waals surface area contributed by atoms with E-state index in [-0.39, 0.29) is 0 Å². The van der Waals surface area contributed by atoms with Gasteiger partial charge >= 0.3 is 0 Å². The van der Waals surface area contributed by atoms with Gasteiger partial charge in [-0.2, -0.15) is 0 Å². The van der Waals surface area contributed by atoms with E-state index in [2.05, 4.69) is 32.6 Å². The Morgan fingerprint density at radius 2 is 1.79 bits per heavy atom. The summed E-state index contributed by atoms with van der Waals surface area (Å²) in [6.07, 6.45) is 5.52. The molecule has 0 bridgehead atoms. The molecule has 0 amide bonds. The molecule has 1 fully saturated rings. The lowest BCUT2D eigenvalue weighted by Gasteiger charge is -2.40. The second kappa shape index (κ2) is 5.75. The number of unbranched alkanes of at least 4 members (excludes halogenated alkanes) is 2. The maximum atomic E-state index is 2.69. The van der Waals surface area contributed by atoms with Gasteiger partial charge in [-0.1, -0.05) is 33.6 Å². The van der Waals surface area contributed by atoms with Gasteiger partial charge in [0.2, 0.25) is 0 Å². The van der Waals surface area contributed by atoms with Crippen molar-refractivity contribution in [1.29, 1.82) is 0 Å². The maximum absolute atomic E-state index is 2.69. The fourth-order valence-electron chi connectivity index (χ4n) is 2.53. The van der Waals surface area contributed by atoms with Crippen LogP contribution in [0.15, 0.2) is 0 Å². The normalized spacial score (nSPS) is 34.7. The standard InChI is InChI=1S/C13H27N/c1-5-6-7-8-14-10-12(3)11(2)9-13(14)4/h11-13H,5-10H2,1-4H3. The van der Waals surface area contributed by atoms with Crippen LogP contribution in [0.25, 0.3) is 0 Å². The van der Waals surface area contributed by atoms with Gasteiger partial charge in [0.15, 0.2) is 0 Å². The zero-order valence-corrected chi connectivity index (χ0v) is 10.4. The molecule has 3 atom stereocenters. The predicted octanol–water partition coefficient (Wildman–Crippen LogP) is 3.54. The Kier molecular flexibility index (Phi) is 4.94. The molecule has 0 aromatic heterocycles. The smallest absolute Gasteiger partial charge is 0.00696 e. The molecule has 84 valence electrons. The monoisotopic (exact) mass is 197 g/mol. The van der Waals surface area contributed by atoms with Crippen molar-refractivity contribution in [1.82, 2.24) is 4.90 Å². The molecule has 0 radical (unpaired) electrons. The topological polar surface area (TPSA) is 3.24 Å². The van der Waals surface area contributed by atoms with Gasteiger partial charge in [0.05, 0.1) is 0 Å². The van der Waals surface area contributed by atoms with Crippen LogP contribution < -0.4 is 0 Å². The van der Waals surface area contributed by atoms with Crippen molar-refractivity contribution < 1.29 is 0 Å². The number of nitrogens with zero attached hydrogens (tertiary/aromatic N) is 1. The first-order chi connectivity index (χ1) is 6.65. The number of hydrogen-bond donors (Lipinski definition) is 0. The third kappa shape index (κ3) is 3.27. The van der Waals surface area contributed by atoms with Crippen LogP contribution in [-0.2, 0) is 0 Å². The first-order valence-electron chi connectivity index (χ1n) is 6.39. The second-order valence-corrected chi connectivity index (χ2v) is 5.24. The van der Waals surface area contributed by atoms with Crippen molar-refractivity contribution >= 4 is 0 Å². The number of likely N-dealkylation sites (tertiary alicyclic amines) is 1. The van der Waals surface area contributed by atoms with E-state index in [4.69, 9.17) is 0 Å². The van der Waals surface area contributed by atoms with Crippen LogP contribution in [0.3, 0.4) is 0 Å². The molecule has 1 heterocycles. The quantitative estimate of drug-likeness (QED) is 0.623. The van der Waals surface area contributed by atoms with Crippen LogP contribution in [0, 0.1) is 11.8 Å². The molecule has 0 aromatic carbocycles. The average Bonchev–Trinajstić information content (AvgIpc) is 2.14. The van der Waals surface area contributed by atoms with Crippen LogP contribution in [0.4, 0.5) is 0 Å². The lowest BCUT2D eigenvalue weighted by Crippen LogP contribution is -2.44. The van der Waals surface area contributed by atoms with Gasteiger partial charge in [-0.05, 0) is 38.1 Å². The summed E-state index contributed by atoms with van der Waals surface area (Å²) in [7, 11) is 0. The van der Waals surface area contributed by atoms with E-state index in [9.17, 15) is 0 Å². The van der Waals surface area contributed by atoms with Crippen molar-refractivity contribution in [2.45, 2.75) is 59.4 Å². The molecule has 0 aromatic rings. The minimum Gasteiger partial charge on any atom is -0.300 e. The molecule has 1 aliphatic rings. The first-order valence-corrected chi connectivity index (χ1v) is 6.39. The number of piperidine rings is 1. The summed E-state index contributed by atoms with van der Waals surface area (Å²) < 4.78 is 0. The summed E-state index contributed by atoms with van der Waals surface area (Å²) in [5.41, 5.74) is 0. The van der Waals surface area contributed by atoms with E-state index in [0.717, 1.165) is 17.9 Å². The minimum absolute atomic E-state index is 0.818. The zero-order valence-electron chi connectivity index (χ0n) is 10.4. The Morgan fingerprint density at radius 1 is 1.07 bits per heavy atom. The lowest BCUT2D eigenvalue weighted by atomic mass is 9.85. The van der Waals surface area contributed by atoms with Gasteiger partial charge in [0.1, 0.15) is 0 Å². The van der Waals surface area contributed by atoms with E-state index in [1.54, 1.807) is 0 Å². The lowest BCUT2D eigenvalue weighted by molar-refractivity contribution is 0.0844. The van der Waals surface area contributed by atoms with Gasteiger partial charge in [0.25, 0.3) is 0 Å². The van der Waals surface area contributed by atoms with Crippen molar-refractivity contribution in [3.63, 3.8) is 0 Å². The summed E-state index contributed by atoms with van der Waals surface area (Å²) in [4.78, 5) is 2.69. The van der Waals surface area contributed by atoms with E-state index in [0.29, 0.717) is 0 Å². The van der Waals surface area contributed by atoms with Gasteiger partial charge in [-0.15, -0.1) is 0 Å². The Bertz CT molecular complexity index is 155. The summed E-state index contributed by atoms with van der Waals surface area (Å²) in [6.45, 7) is 12.1. The van der Waals surface area contributed by atoms with E-state index >= 15 is 0 Å². The van der Waals surface area contributed by atoms with Gasteiger partial charge in [-0.3, -0.25) is 0 Å². The third-order valence-electron chi connectivity index (χ3n) is 3.88. The largest absolute Gasteiger partial charge is 0.300 e. The molecule has 0 saturated carbocycles. The van der Waals surface area contributed by atoms with Crippen molar-refractivity contribution in [2.24, 2.45) is 11.8 Å². The highest BCUT2D eigenvalue weighted by molar-refractivity contribution is 4.80. The van der Waals surface area contributed by atoms with E-state index < -0.39 is 0 Å². The molecule has 14 heavy (non-hydrogen) atoms. The summed E-state index contributed by atoms with van der Waals surface area (Å²) in [5.74, 6) is 1.82. The molecular formula is C13H27N. The van der Waals surface area contributed by atoms with E-state index in [1.807, 2.05) is 0 Å². The van der Waals surface area contributed by atoms with Crippen LogP contribution >= 0.6 is 0 Å². The van der Waals surface area contributed by atoms with Crippen molar-refractivity contribution in [2.75, 3.05) is 13.1 Å². The minimum atomic E-state index is 0.818. The third-order valence-corrected chi connectivity index (χ3v) is 3.88.